The Morgan fingerprint density at radius 1 is 1.00 bits per heavy atom. The molecule has 0 aliphatic carbocycles. The van der Waals surface area contributed by atoms with Crippen LogP contribution in [0.3, 0.4) is 0 Å². The predicted octanol–water partition coefficient (Wildman–Crippen LogP) is 5.73. The summed E-state index contributed by atoms with van der Waals surface area (Å²) in [4.78, 5) is 21.1. The molecule has 1 N–H and O–H groups in total. The van der Waals surface area contributed by atoms with E-state index in [2.05, 4.69) is 42.1 Å². The molecule has 0 spiro atoms. The van der Waals surface area contributed by atoms with Gasteiger partial charge in [-0.3, -0.25) is 14.7 Å². The zero-order valence-corrected chi connectivity index (χ0v) is 19.8. The average Bonchev–Trinajstić information content (AvgIpc) is 2.76. The lowest BCUT2D eigenvalue weighted by Crippen LogP contribution is -2.46. The molecule has 5 nitrogen and oxygen atoms in total. The van der Waals surface area contributed by atoms with Crippen molar-refractivity contribution in [1.29, 1.82) is 0 Å². The topological polar surface area (TPSA) is 48.5 Å². The van der Waals surface area contributed by atoms with Gasteiger partial charge in [-0.2, -0.15) is 0 Å². The van der Waals surface area contributed by atoms with Gasteiger partial charge >= 0.3 is 0 Å². The van der Waals surface area contributed by atoms with Gasteiger partial charge in [-0.15, -0.1) is 0 Å². The van der Waals surface area contributed by atoms with Gasteiger partial charge in [0.1, 0.15) is 0 Å². The third-order valence-corrected chi connectivity index (χ3v) is 6.34. The fourth-order valence-electron chi connectivity index (χ4n) is 3.59. The lowest BCUT2D eigenvalue weighted by Gasteiger charge is -2.36. The highest BCUT2D eigenvalue weighted by atomic mass is 79.9. The van der Waals surface area contributed by atoms with Crippen LogP contribution in [0.4, 0.5) is 11.4 Å². The highest BCUT2D eigenvalue weighted by molar-refractivity contribution is 9.10. The van der Waals surface area contributed by atoms with Crippen molar-refractivity contribution in [1.82, 2.24) is 9.88 Å². The second kappa shape index (κ2) is 10.0. The van der Waals surface area contributed by atoms with Crippen LogP contribution in [0, 0.1) is 0 Å². The Labute approximate surface area is 200 Å². The summed E-state index contributed by atoms with van der Waals surface area (Å²) in [6.07, 6.45) is 3.16. The van der Waals surface area contributed by atoms with Crippen molar-refractivity contribution < 1.29 is 4.79 Å². The molecule has 0 radical (unpaired) electrons. The maximum atomic E-state index is 12.4. The van der Waals surface area contributed by atoms with Crippen LogP contribution in [0.1, 0.15) is 15.9 Å². The number of pyridine rings is 1. The smallest absolute Gasteiger partial charge is 0.257 e. The first-order valence-electron chi connectivity index (χ1n) is 9.92. The summed E-state index contributed by atoms with van der Waals surface area (Å²) >= 11 is 16.2. The van der Waals surface area contributed by atoms with Crippen LogP contribution in [0.5, 0.6) is 0 Å². The Hall–Kier alpha value is -2.12. The Bertz CT molecular complexity index is 1090. The van der Waals surface area contributed by atoms with Gasteiger partial charge in [-0.1, -0.05) is 41.4 Å². The molecule has 1 aliphatic rings. The van der Waals surface area contributed by atoms with Gasteiger partial charge in [0.2, 0.25) is 0 Å². The molecule has 1 fully saturated rings. The van der Waals surface area contributed by atoms with Crippen LogP contribution in [-0.4, -0.2) is 42.0 Å². The van der Waals surface area contributed by atoms with E-state index in [1.165, 1.54) is 6.20 Å². The average molecular weight is 520 g/mol. The lowest BCUT2D eigenvalue weighted by molar-refractivity contribution is 0.102. The quantitative estimate of drug-likeness (QED) is 0.468. The Kier molecular flexibility index (Phi) is 7.13. The van der Waals surface area contributed by atoms with E-state index in [4.69, 9.17) is 23.2 Å². The zero-order chi connectivity index (χ0) is 21.8. The Morgan fingerprint density at radius 2 is 1.77 bits per heavy atom. The monoisotopic (exact) mass is 518 g/mol. The summed E-state index contributed by atoms with van der Waals surface area (Å²) in [7, 11) is 0. The normalized spacial score (nSPS) is 14.5. The molecular formula is C23H21BrCl2N4O. The van der Waals surface area contributed by atoms with Gasteiger partial charge in [0.15, 0.2) is 0 Å². The van der Waals surface area contributed by atoms with Crippen molar-refractivity contribution >= 4 is 56.4 Å². The number of carbonyl (C=O) groups excluding carboxylic acids is 1. The summed E-state index contributed by atoms with van der Waals surface area (Å²) < 4.78 is 0.752. The number of carbonyl (C=O) groups is 1. The first-order valence-corrected chi connectivity index (χ1v) is 11.5. The molecule has 31 heavy (non-hydrogen) atoms. The molecule has 0 bridgehead atoms. The molecule has 8 heteroatoms. The van der Waals surface area contributed by atoms with Gasteiger partial charge in [-0.05, 0) is 51.8 Å². The van der Waals surface area contributed by atoms with E-state index in [-0.39, 0.29) is 5.91 Å². The van der Waals surface area contributed by atoms with E-state index in [0.29, 0.717) is 16.3 Å². The van der Waals surface area contributed by atoms with Crippen LogP contribution >= 0.6 is 39.1 Å². The minimum Gasteiger partial charge on any atom is -0.368 e. The molecular weight excluding hydrogens is 499 g/mol. The molecule has 0 unspecified atom stereocenters. The van der Waals surface area contributed by atoms with Crippen molar-refractivity contribution in [3.63, 3.8) is 0 Å². The molecule has 1 amide bonds. The molecule has 0 atom stereocenters. The minimum atomic E-state index is -0.231. The SMILES string of the molecule is O=C(Nc1ccc(N2CCN(Cc3ccccc3Cl)CC2)c(Cl)c1)c1cncc(Br)c1. The van der Waals surface area contributed by atoms with Crippen LogP contribution < -0.4 is 10.2 Å². The molecule has 3 aromatic rings. The van der Waals surface area contributed by atoms with Crippen molar-refractivity contribution in [2.75, 3.05) is 36.4 Å². The number of nitrogens with zero attached hydrogens (tertiary/aromatic N) is 3. The van der Waals surface area contributed by atoms with Crippen molar-refractivity contribution in [3.8, 4) is 0 Å². The number of hydrogen-bond donors (Lipinski definition) is 1. The molecule has 160 valence electrons. The summed E-state index contributed by atoms with van der Waals surface area (Å²) in [6.45, 7) is 4.45. The number of hydrogen-bond acceptors (Lipinski definition) is 4. The number of anilines is 2. The van der Waals surface area contributed by atoms with E-state index in [1.54, 1.807) is 18.3 Å². The lowest BCUT2D eigenvalue weighted by atomic mass is 10.2. The number of amides is 1. The molecule has 1 saturated heterocycles. The molecule has 0 saturated carbocycles. The second-order valence-corrected chi connectivity index (χ2v) is 9.10. The first-order chi connectivity index (χ1) is 15.0. The molecule has 2 aromatic carbocycles. The number of benzene rings is 2. The fraction of sp³-hybridized carbons (Fsp3) is 0.217. The fourth-order valence-corrected chi connectivity index (χ4v) is 4.46. The third kappa shape index (κ3) is 5.57. The summed E-state index contributed by atoms with van der Waals surface area (Å²) in [5.74, 6) is -0.231. The Balaban J connectivity index is 1.36. The van der Waals surface area contributed by atoms with Gasteiger partial charge in [-0.25, -0.2) is 0 Å². The highest BCUT2D eigenvalue weighted by Crippen LogP contribution is 2.30. The standard InChI is InChI=1S/C23H21BrCl2N4O/c24-18-11-17(13-27-14-18)23(31)28-19-5-6-22(21(26)12-19)30-9-7-29(8-10-30)15-16-3-1-2-4-20(16)25/h1-6,11-14H,7-10,15H2,(H,28,31). The van der Waals surface area contributed by atoms with E-state index in [1.807, 2.05) is 30.3 Å². The van der Waals surface area contributed by atoms with Gasteiger partial charge in [0.25, 0.3) is 5.91 Å². The number of halogens is 3. The Morgan fingerprint density at radius 3 is 2.48 bits per heavy atom. The summed E-state index contributed by atoms with van der Waals surface area (Å²) in [5, 5.41) is 4.30. The molecule has 2 heterocycles. The maximum absolute atomic E-state index is 12.4. The number of nitrogens with one attached hydrogen (secondary N) is 1. The number of aromatic nitrogens is 1. The molecule has 4 rings (SSSR count). The molecule has 1 aliphatic heterocycles. The number of piperazine rings is 1. The van der Waals surface area contributed by atoms with E-state index in [0.717, 1.165) is 53.5 Å². The molecule has 1 aromatic heterocycles. The third-order valence-electron chi connectivity index (χ3n) is 5.24. The van der Waals surface area contributed by atoms with E-state index < -0.39 is 0 Å². The van der Waals surface area contributed by atoms with E-state index in [9.17, 15) is 4.79 Å². The summed E-state index contributed by atoms with van der Waals surface area (Å²) in [6, 6.07) is 15.3. The van der Waals surface area contributed by atoms with Crippen molar-refractivity contribution in [3.05, 3.63) is 86.6 Å². The minimum absolute atomic E-state index is 0.231. The second-order valence-electron chi connectivity index (χ2n) is 7.37. The van der Waals surface area contributed by atoms with Crippen LogP contribution in [-0.2, 0) is 6.54 Å². The van der Waals surface area contributed by atoms with Crippen LogP contribution in [0.25, 0.3) is 0 Å². The van der Waals surface area contributed by atoms with Gasteiger partial charge in [0, 0.05) is 60.3 Å². The van der Waals surface area contributed by atoms with E-state index >= 15 is 0 Å². The largest absolute Gasteiger partial charge is 0.368 e. The zero-order valence-electron chi connectivity index (χ0n) is 16.7. The summed E-state index contributed by atoms with van der Waals surface area (Å²) in [5.41, 5.74) is 3.25. The van der Waals surface area contributed by atoms with Gasteiger partial charge in [0.05, 0.1) is 16.3 Å². The van der Waals surface area contributed by atoms with Gasteiger partial charge < -0.3 is 10.2 Å². The number of rotatable bonds is 5. The van der Waals surface area contributed by atoms with Crippen molar-refractivity contribution in [2.24, 2.45) is 0 Å². The van der Waals surface area contributed by atoms with Crippen LogP contribution in [0.2, 0.25) is 10.0 Å². The highest BCUT2D eigenvalue weighted by Gasteiger charge is 2.20. The maximum Gasteiger partial charge on any atom is 0.257 e. The first kappa shape index (κ1) is 22.1. The van der Waals surface area contributed by atoms with Crippen LogP contribution in [0.15, 0.2) is 65.4 Å². The van der Waals surface area contributed by atoms with Crippen molar-refractivity contribution in [2.45, 2.75) is 6.54 Å². The predicted molar refractivity (Wildman–Crippen MR) is 130 cm³/mol.